The standard InChI is InChI=1S/C16H18N2O2/c1-11(9-13-6-4-8-20-13)17-16(19)15-10-12-5-2-3-7-14(12)18-15/h2-8,11,15,18H,9-10H2,1H3,(H,17,19). The van der Waals surface area contributed by atoms with E-state index in [1.165, 1.54) is 5.56 Å². The molecule has 2 N–H and O–H groups in total. The molecule has 0 fully saturated rings. The van der Waals surface area contributed by atoms with E-state index in [9.17, 15) is 4.79 Å². The lowest BCUT2D eigenvalue weighted by atomic mass is 10.1. The van der Waals surface area contributed by atoms with Gasteiger partial charge in [-0.15, -0.1) is 0 Å². The molecule has 0 aliphatic carbocycles. The van der Waals surface area contributed by atoms with E-state index in [-0.39, 0.29) is 18.0 Å². The first-order valence-corrected chi connectivity index (χ1v) is 6.89. The van der Waals surface area contributed by atoms with Crippen LogP contribution in [0.2, 0.25) is 0 Å². The second kappa shape index (κ2) is 5.41. The quantitative estimate of drug-likeness (QED) is 0.896. The monoisotopic (exact) mass is 270 g/mol. The van der Waals surface area contributed by atoms with Gasteiger partial charge in [0.1, 0.15) is 11.8 Å². The van der Waals surface area contributed by atoms with Crippen LogP contribution in [0.15, 0.2) is 47.1 Å². The number of furan rings is 1. The SMILES string of the molecule is CC(Cc1ccco1)NC(=O)C1Cc2ccccc2N1. The number of hydrogen-bond donors (Lipinski definition) is 2. The molecule has 4 heteroatoms. The highest BCUT2D eigenvalue weighted by Crippen LogP contribution is 2.25. The summed E-state index contributed by atoms with van der Waals surface area (Å²) in [4.78, 5) is 12.2. The average Bonchev–Trinajstić information content (AvgIpc) is 3.06. The summed E-state index contributed by atoms with van der Waals surface area (Å²) in [7, 11) is 0. The zero-order chi connectivity index (χ0) is 13.9. The van der Waals surface area contributed by atoms with Gasteiger partial charge in [-0.05, 0) is 30.7 Å². The summed E-state index contributed by atoms with van der Waals surface area (Å²) in [5, 5.41) is 6.30. The Hall–Kier alpha value is -2.23. The topological polar surface area (TPSA) is 54.3 Å². The molecule has 0 radical (unpaired) electrons. The number of anilines is 1. The number of hydrogen-bond acceptors (Lipinski definition) is 3. The van der Waals surface area contributed by atoms with Crippen LogP contribution in [0.4, 0.5) is 5.69 Å². The van der Waals surface area contributed by atoms with Crippen LogP contribution in [0.3, 0.4) is 0 Å². The third kappa shape index (κ3) is 2.69. The maximum absolute atomic E-state index is 12.2. The maximum atomic E-state index is 12.2. The van der Waals surface area contributed by atoms with Crippen LogP contribution in [-0.2, 0) is 17.6 Å². The van der Waals surface area contributed by atoms with Crippen LogP contribution in [0.25, 0.3) is 0 Å². The zero-order valence-corrected chi connectivity index (χ0v) is 11.4. The van der Waals surface area contributed by atoms with Gasteiger partial charge in [-0.25, -0.2) is 0 Å². The summed E-state index contributed by atoms with van der Waals surface area (Å²) in [6, 6.07) is 11.7. The molecule has 0 spiro atoms. The first-order valence-electron chi connectivity index (χ1n) is 6.89. The van der Waals surface area contributed by atoms with E-state index >= 15 is 0 Å². The van der Waals surface area contributed by atoms with E-state index in [0.717, 1.165) is 17.9 Å². The summed E-state index contributed by atoms with van der Waals surface area (Å²) < 4.78 is 5.29. The molecule has 2 atom stereocenters. The molecular weight excluding hydrogens is 252 g/mol. The first-order chi connectivity index (χ1) is 9.72. The van der Waals surface area contributed by atoms with Crippen molar-refractivity contribution in [3.63, 3.8) is 0 Å². The molecule has 20 heavy (non-hydrogen) atoms. The molecular formula is C16H18N2O2. The largest absolute Gasteiger partial charge is 0.469 e. The highest BCUT2D eigenvalue weighted by atomic mass is 16.3. The van der Waals surface area contributed by atoms with E-state index in [1.807, 2.05) is 37.3 Å². The summed E-state index contributed by atoms with van der Waals surface area (Å²) in [5.41, 5.74) is 2.26. The molecule has 1 aliphatic rings. The second-order valence-electron chi connectivity index (χ2n) is 5.25. The van der Waals surface area contributed by atoms with Crippen molar-refractivity contribution in [3.8, 4) is 0 Å². The van der Waals surface area contributed by atoms with Gasteiger partial charge in [0.05, 0.1) is 6.26 Å². The number of benzene rings is 1. The minimum absolute atomic E-state index is 0.0419. The van der Waals surface area contributed by atoms with Crippen molar-refractivity contribution in [2.45, 2.75) is 31.8 Å². The Kier molecular flexibility index (Phi) is 3.46. The number of rotatable bonds is 4. The van der Waals surface area contributed by atoms with Crippen LogP contribution >= 0.6 is 0 Å². The van der Waals surface area contributed by atoms with E-state index in [4.69, 9.17) is 4.42 Å². The lowest BCUT2D eigenvalue weighted by Crippen LogP contribution is -2.43. The van der Waals surface area contributed by atoms with E-state index in [0.29, 0.717) is 6.42 Å². The third-order valence-corrected chi connectivity index (χ3v) is 3.56. The number of para-hydroxylation sites is 1. The van der Waals surface area contributed by atoms with Crippen LogP contribution in [0, 0.1) is 0 Å². The number of nitrogens with one attached hydrogen (secondary N) is 2. The molecule has 0 saturated heterocycles. The lowest BCUT2D eigenvalue weighted by Gasteiger charge is -2.16. The van der Waals surface area contributed by atoms with Crippen LogP contribution in [-0.4, -0.2) is 18.0 Å². The highest BCUT2D eigenvalue weighted by Gasteiger charge is 2.27. The summed E-state index contributed by atoms with van der Waals surface area (Å²) in [5.74, 6) is 0.931. The smallest absolute Gasteiger partial charge is 0.243 e. The Morgan fingerprint density at radius 1 is 1.40 bits per heavy atom. The van der Waals surface area contributed by atoms with Crippen LogP contribution < -0.4 is 10.6 Å². The molecule has 1 amide bonds. The molecule has 4 nitrogen and oxygen atoms in total. The zero-order valence-electron chi connectivity index (χ0n) is 11.4. The summed E-state index contributed by atoms with van der Waals surface area (Å²) in [6.45, 7) is 1.99. The fourth-order valence-corrected chi connectivity index (χ4v) is 2.58. The Morgan fingerprint density at radius 3 is 3.00 bits per heavy atom. The summed E-state index contributed by atoms with van der Waals surface area (Å²) in [6.07, 6.45) is 3.10. The van der Waals surface area contributed by atoms with E-state index in [2.05, 4.69) is 16.7 Å². The third-order valence-electron chi connectivity index (χ3n) is 3.56. The molecule has 0 bridgehead atoms. The molecule has 2 heterocycles. The van der Waals surface area contributed by atoms with Gasteiger partial charge in [0, 0.05) is 24.6 Å². The second-order valence-corrected chi connectivity index (χ2v) is 5.25. The van der Waals surface area contributed by atoms with Crippen molar-refractivity contribution in [1.29, 1.82) is 0 Å². The predicted molar refractivity (Wildman–Crippen MR) is 77.6 cm³/mol. The fraction of sp³-hybridized carbons (Fsp3) is 0.312. The van der Waals surface area contributed by atoms with Crippen molar-refractivity contribution < 1.29 is 9.21 Å². The van der Waals surface area contributed by atoms with Gasteiger partial charge in [-0.1, -0.05) is 18.2 Å². The summed E-state index contributed by atoms with van der Waals surface area (Å²) >= 11 is 0. The normalized spacial score (nSPS) is 18.1. The maximum Gasteiger partial charge on any atom is 0.243 e. The molecule has 1 aromatic carbocycles. The molecule has 1 aromatic heterocycles. The van der Waals surface area contributed by atoms with Crippen molar-refractivity contribution in [2.24, 2.45) is 0 Å². The van der Waals surface area contributed by atoms with Crippen LogP contribution in [0.1, 0.15) is 18.2 Å². The number of carbonyl (C=O) groups is 1. The predicted octanol–water partition coefficient (Wildman–Crippen LogP) is 2.36. The average molecular weight is 270 g/mol. The van der Waals surface area contributed by atoms with Gasteiger partial charge in [0.15, 0.2) is 0 Å². The minimum atomic E-state index is -0.175. The molecule has 0 saturated carbocycles. The Morgan fingerprint density at radius 2 is 2.25 bits per heavy atom. The molecule has 1 aliphatic heterocycles. The lowest BCUT2D eigenvalue weighted by molar-refractivity contribution is -0.122. The van der Waals surface area contributed by atoms with Crippen molar-refractivity contribution >= 4 is 11.6 Å². The minimum Gasteiger partial charge on any atom is -0.469 e. The van der Waals surface area contributed by atoms with Crippen molar-refractivity contribution in [2.75, 3.05) is 5.32 Å². The van der Waals surface area contributed by atoms with Crippen LogP contribution in [0.5, 0.6) is 0 Å². The number of amides is 1. The van der Waals surface area contributed by atoms with Gasteiger partial charge in [0.2, 0.25) is 5.91 Å². The Bertz CT molecular complexity index is 567. The first kappa shape index (κ1) is 12.8. The van der Waals surface area contributed by atoms with E-state index < -0.39 is 0 Å². The number of fused-ring (bicyclic) bond motifs is 1. The van der Waals surface area contributed by atoms with Crippen molar-refractivity contribution in [3.05, 3.63) is 54.0 Å². The Labute approximate surface area is 118 Å². The molecule has 2 aromatic rings. The molecule has 2 unspecified atom stereocenters. The van der Waals surface area contributed by atoms with Crippen molar-refractivity contribution in [1.82, 2.24) is 5.32 Å². The highest BCUT2D eigenvalue weighted by molar-refractivity contribution is 5.87. The van der Waals surface area contributed by atoms with Gasteiger partial charge < -0.3 is 15.1 Å². The van der Waals surface area contributed by atoms with Gasteiger partial charge in [0.25, 0.3) is 0 Å². The van der Waals surface area contributed by atoms with Gasteiger partial charge in [-0.3, -0.25) is 4.79 Å². The Balaban J connectivity index is 1.56. The number of carbonyl (C=O) groups excluding carboxylic acids is 1. The molecule has 104 valence electrons. The van der Waals surface area contributed by atoms with Gasteiger partial charge in [-0.2, -0.15) is 0 Å². The fourth-order valence-electron chi connectivity index (χ4n) is 2.58. The molecule has 3 rings (SSSR count). The van der Waals surface area contributed by atoms with Gasteiger partial charge >= 0.3 is 0 Å². The van der Waals surface area contributed by atoms with E-state index in [1.54, 1.807) is 6.26 Å².